The highest BCUT2D eigenvalue weighted by molar-refractivity contribution is 7.45. The van der Waals surface area contributed by atoms with Gasteiger partial charge in [-0.2, -0.15) is 0 Å². The molecule has 2 unspecified atom stereocenters. The number of carboxylic acid groups (broad SMARTS) is 3. The van der Waals surface area contributed by atoms with Crippen molar-refractivity contribution in [2.45, 2.75) is 89.9 Å². The maximum Gasteiger partial charge on any atom is 0.466 e. The number of aliphatic carboxylic acids is 3. The Labute approximate surface area is 405 Å². The SMILES string of the molecule is CCCc1ccc2c(OC(CCNC)c3sccc3C(C)C)cccc2c1.Cc1ccc2ccccc2c1OC(CCN(C)C)c1cscn1.O=C(O)CC(O)(CC(=O)O)C(=O)O.O=P(O)(O)O. The number of thiazole rings is 1. The lowest BCUT2D eigenvalue weighted by atomic mass is 9.96. The fourth-order valence-corrected chi connectivity index (χ4v) is 8.69. The lowest BCUT2D eigenvalue weighted by Crippen LogP contribution is -2.42. The van der Waals surface area contributed by atoms with Gasteiger partial charge in [0.25, 0.3) is 0 Å². The Hall–Kier alpha value is -5.27. The summed E-state index contributed by atoms with van der Waals surface area (Å²) in [5, 5.41) is 46.2. The molecule has 68 heavy (non-hydrogen) atoms. The molecule has 4 aromatic carbocycles. The van der Waals surface area contributed by atoms with E-state index in [9.17, 15) is 14.4 Å². The van der Waals surface area contributed by atoms with E-state index in [4.69, 9.17) is 49.1 Å². The average Bonchev–Trinajstić information content (AvgIpc) is 3.98. The molecule has 16 nitrogen and oxygen atoms in total. The highest BCUT2D eigenvalue weighted by Crippen LogP contribution is 2.38. The highest BCUT2D eigenvalue weighted by atomic mass is 32.1. The van der Waals surface area contributed by atoms with Gasteiger partial charge in [-0.3, -0.25) is 9.59 Å². The Kier molecular flexibility index (Phi) is 23.2. The molecule has 0 radical (unpaired) electrons. The molecule has 0 amide bonds. The number of phosphoric acid groups is 1. The quantitative estimate of drug-likeness (QED) is 0.0332. The van der Waals surface area contributed by atoms with Crippen molar-refractivity contribution in [3.8, 4) is 11.5 Å². The van der Waals surface area contributed by atoms with Gasteiger partial charge in [0.1, 0.15) is 23.7 Å². The number of aryl methyl sites for hydroxylation is 2. The molecule has 0 fully saturated rings. The van der Waals surface area contributed by atoms with Crippen LogP contribution < -0.4 is 14.8 Å². The van der Waals surface area contributed by atoms with Crippen molar-refractivity contribution in [1.29, 1.82) is 0 Å². The predicted octanol–water partition coefficient (Wildman–Crippen LogP) is 9.21. The Morgan fingerprint density at radius 3 is 2.09 bits per heavy atom. The van der Waals surface area contributed by atoms with Crippen LogP contribution in [0.2, 0.25) is 0 Å². The Morgan fingerprint density at radius 2 is 1.51 bits per heavy atom. The summed E-state index contributed by atoms with van der Waals surface area (Å²) in [4.78, 5) is 60.1. The molecule has 0 spiro atoms. The number of fused-ring (bicyclic) bond motifs is 2. The van der Waals surface area contributed by atoms with Crippen LogP contribution in [0.15, 0.2) is 95.1 Å². The van der Waals surface area contributed by atoms with Crippen molar-refractivity contribution in [1.82, 2.24) is 15.2 Å². The van der Waals surface area contributed by atoms with Gasteiger partial charge in [-0.1, -0.05) is 93.9 Å². The second-order valence-corrected chi connectivity index (χ2v) is 19.2. The van der Waals surface area contributed by atoms with Crippen LogP contribution in [0.3, 0.4) is 0 Å². The molecule has 6 rings (SSSR count). The first-order chi connectivity index (χ1) is 32.1. The topological polar surface area (TPSA) is 257 Å². The summed E-state index contributed by atoms with van der Waals surface area (Å²) in [7, 11) is 1.53. The summed E-state index contributed by atoms with van der Waals surface area (Å²) in [6, 6.07) is 28.1. The van der Waals surface area contributed by atoms with Gasteiger partial charge in [-0.15, -0.1) is 22.7 Å². The van der Waals surface area contributed by atoms with Gasteiger partial charge in [0.05, 0.1) is 24.0 Å². The summed E-state index contributed by atoms with van der Waals surface area (Å²) in [5.41, 5.74) is 4.12. The van der Waals surface area contributed by atoms with E-state index in [1.807, 2.05) is 23.9 Å². The molecule has 2 heterocycles. The number of carbonyl (C=O) groups is 3. The zero-order valence-corrected chi connectivity index (χ0v) is 41.9. The molecule has 0 bridgehead atoms. The van der Waals surface area contributed by atoms with E-state index in [0.717, 1.165) is 60.5 Å². The van der Waals surface area contributed by atoms with Gasteiger partial charge in [0.2, 0.25) is 0 Å². The van der Waals surface area contributed by atoms with Crippen LogP contribution in [0.5, 0.6) is 11.5 Å². The molecule has 8 N–H and O–H groups in total. The van der Waals surface area contributed by atoms with Crippen molar-refractivity contribution in [2.24, 2.45) is 0 Å². The van der Waals surface area contributed by atoms with E-state index < -0.39 is 44.2 Å². The van der Waals surface area contributed by atoms with Crippen LogP contribution in [-0.2, 0) is 25.4 Å². The first kappa shape index (κ1) is 57.1. The molecule has 2 aromatic heterocycles. The number of carboxylic acids is 3. The standard InChI is InChI=1S/C24H31NOS.C19H22N2OS.C6H8O7.H3O4P/c1-5-7-18-10-11-21-19(16-18)8-6-9-22(21)26-23(12-14-25-4)24-20(17(2)3)13-15-27-24;1-14-8-9-15-6-4-5-7-16(15)19(14)22-18(10-11-21(2)3)17-12-23-13-20-17;7-3(8)1-6(13,5(11)12)2-4(9)10;1-5(2,3)4/h6,8-11,13,15-17,23,25H,5,7,12,14H2,1-4H3;4-9,12-13,18H,10-11H2,1-3H3;13H,1-2H2,(H,7,8)(H,9,10)(H,11,12);(H3,1,2,3,4). The molecule has 0 aliphatic rings. The Balaban J connectivity index is 0.000000270. The van der Waals surface area contributed by atoms with Gasteiger partial charge in [0, 0.05) is 40.4 Å². The molecule has 2 atom stereocenters. The van der Waals surface area contributed by atoms with Gasteiger partial charge in [-0.05, 0) is 91.9 Å². The molecule has 370 valence electrons. The van der Waals surface area contributed by atoms with E-state index in [1.165, 1.54) is 38.6 Å². The van der Waals surface area contributed by atoms with Gasteiger partial charge in [0.15, 0.2) is 5.60 Å². The monoisotopic (exact) mass is 997 g/mol. The Morgan fingerprint density at radius 1 is 0.853 bits per heavy atom. The number of rotatable bonds is 20. The minimum absolute atomic E-state index is 0.0202. The number of thiophene rings is 1. The fraction of sp³-hybridized carbons (Fsp3) is 0.388. The van der Waals surface area contributed by atoms with Gasteiger partial charge < -0.3 is 54.8 Å². The Bertz CT molecular complexity index is 2540. The number of aliphatic hydroxyl groups is 1. The lowest BCUT2D eigenvalue weighted by molar-refractivity contribution is -0.170. The third kappa shape index (κ3) is 19.0. The average molecular weight is 998 g/mol. The van der Waals surface area contributed by atoms with E-state index in [-0.39, 0.29) is 12.2 Å². The first-order valence-electron chi connectivity index (χ1n) is 21.8. The maximum absolute atomic E-state index is 10.3. The molecular formula is C49H64N3O13PS2. The van der Waals surface area contributed by atoms with Crippen molar-refractivity contribution >= 4 is 69.9 Å². The van der Waals surface area contributed by atoms with Crippen molar-refractivity contribution < 1.29 is 63.5 Å². The highest BCUT2D eigenvalue weighted by Gasteiger charge is 2.40. The molecule has 0 saturated heterocycles. The number of hydrogen-bond acceptors (Lipinski definition) is 12. The maximum atomic E-state index is 10.3. The predicted molar refractivity (Wildman–Crippen MR) is 267 cm³/mol. The van der Waals surface area contributed by atoms with Gasteiger partial charge >= 0.3 is 25.7 Å². The second-order valence-electron chi connectivity index (χ2n) is 16.5. The largest absolute Gasteiger partial charge is 0.484 e. The van der Waals surface area contributed by atoms with E-state index in [0.29, 0.717) is 5.92 Å². The van der Waals surface area contributed by atoms with Crippen LogP contribution in [0, 0.1) is 6.92 Å². The fourth-order valence-electron chi connectivity index (χ4n) is 6.98. The van der Waals surface area contributed by atoms with Crippen LogP contribution in [-0.4, -0.2) is 103 Å². The minimum Gasteiger partial charge on any atom is -0.484 e. The third-order valence-electron chi connectivity index (χ3n) is 10.3. The normalized spacial score (nSPS) is 12.2. The van der Waals surface area contributed by atoms with Crippen molar-refractivity contribution in [2.75, 3.05) is 34.2 Å². The number of ether oxygens (including phenoxy) is 2. The van der Waals surface area contributed by atoms with Crippen molar-refractivity contribution in [3.05, 3.63) is 122 Å². The molecule has 0 aliphatic carbocycles. The molecule has 19 heteroatoms. The van der Waals surface area contributed by atoms with Crippen LogP contribution in [0.4, 0.5) is 0 Å². The summed E-state index contributed by atoms with van der Waals surface area (Å²) in [6.07, 6.45) is 1.94. The van der Waals surface area contributed by atoms with Crippen LogP contribution in [0.1, 0.15) is 98.3 Å². The smallest absolute Gasteiger partial charge is 0.466 e. The summed E-state index contributed by atoms with van der Waals surface area (Å²) in [5.74, 6) is -2.55. The molecular weight excluding hydrogens is 934 g/mol. The number of hydrogen-bond donors (Lipinski definition) is 8. The van der Waals surface area contributed by atoms with Crippen LogP contribution >= 0.6 is 30.5 Å². The lowest BCUT2D eigenvalue weighted by Gasteiger charge is -2.22. The first-order valence-corrected chi connectivity index (χ1v) is 25.2. The van der Waals surface area contributed by atoms with Crippen LogP contribution in [0.25, 0.3) is 21.5 Å². The molecule has 0 aliphatic heterocycles. The van der Waals surface area contributed by atoms with Crippen molar-refractivity contribution in [3.63, 3.8) is 0 Å². The summed E-state index contributed by atoms with van der Waals surface area (Å²) in [6.45, 7) is 10.7. The number of benzene rings is 4. The van der Waals surface area contributed by atoms with E-state index >= 15 is 0 Å². The van der Waals surface area contributed by atoms with Gasteiger partial charge in [-0.25, -0.2) is 14.3 Å². The summed E-state index contributed by atoms with van der Waals surface area (Å²) < 4.78 is 22.0. The van der Waals surface area contributed by atoms with E-state index in [2.05, 4.69) is 147 Å². The second kappa shape index (κ2) is 27.7. The third-order valence-corrected chi connectivity index (χ3v) is 11.9. The minimum atomic E-state index is -4.64. The zero-order chi connectivity index (χ0) is 50.6. The van der Waals surface area contributed by atoms with E-state index in [1.54, 1.807) is 11.3 Å². The number of nitrogens with one attached hydrogen (secondary N) is 1. The molecule has 6 aromatic rings. The summed E-state index contributed by atoms with van der Waals surface area (Å²) >= 11 is 3.43. The number of aromatic nitrogens is 1. The zero-order valence-electron chi connectivity index (χ0n) is 39.4. The number of nitrogens with zero attached hydrogens (tertiary/aromatic N) is 2. The molecule has 0 saturated carbocycles.